The van der Waals surface area contributed by atoms with Crippen LogP contribution in [0.25, 0.3) is 0 Å². The van der Waals surface area contributed by atoms with Crippen LogP contribution in [-0.2, 0) is 14.8 Å². The minimum atomic E-state index is -4.52. The van der Waals surface area contributed by atoms with Crippen LogP contribution >= 0.6 is 0 Å². The number of aliphatic carboxylic acids is 1. The van der Waals surface area contributed by atoms with Gasteiger partial charge >= 0.3 is 12.1 Å². The molecule has 0 aliphatic rings. The first-order valence-electron chi connectivity index (χ1n) is 5.97. The molecule has 1 aromatic heterocycles. The molecule has 1 rings (SSSR count). The van der Waals surface area contributed by atoms with Crippen LogP contribution in [0.1, 0.15) is 12.8 Å². The van der Waals surface area contributed by atoms with Gasteiger partial charge in [0.2, 0.25) is 15.9 Å². The van der Waals surface area contributed by atoms with Crippen LogP contribution < -0.4 is 9.46 Å². The lowest BCUT2D eigenvalue weighted by Gasteiger charge is -2.09. The summed E-state index contributed by atoms with van der Waals surface area (Å²) in [6.07, 6.45) is -3.75. The topological polar surface area (TPSA) is 106 Å². The summed E-state index contributed by atoms with van der Waals surface area (Å²) in [6.45, 7) is -1.61. The zero-order valence-electron chi connectivity index (χ0n) is 11.1. The second-order valence-electron chi connectivity index (χ2n) is 4.13. The van der Waals surface area contributed by atoms with Gasteiger partial charge in [0.05, 0.1) is 6.20 Å². The van der Waals surface area contributed by atoms with E-state index in [1.54, 1.807) is 0 Å². The van der Waals surface area contributed by atoms with Crippen LogP contribution in [0.3, 0.4) is 0 Å². The summed E-state index contributed by atoms with van der Waals surface area (Å²) < 4.78 is 65.9. The number of carboxylic acid groups (broad SMARTS) is 1. The molecule has 7 nitrogen and oxygen atoms in total. The zero-order chi connectivity index (χ0) is 16.8. The highest BCUT2D eigenvalue weighted by Gasteiger charge is 2.28. The van der Waals surface area contributed by atoms with Gasteiger partial charge in [0, 0.05) is 19.0 Å². The molecule has 0 atom stereocenters. The van der Waals surface area contributed by atoms with Crippen LogP contribution in [0.5, 0.6) is 5.88 Å². The molecule has 11 heteroatoms. The maximum Gasteiger partial charge on any atom is 0.422 e. The molecule has 0 fully saturated rings. The minimum absolute atomic E-state index is 0.0824. The fourth-order valence-electron chi connectivity index (χ4n) is 1.30. The Bertz CT molecular complexity index is 601. The summed E-state index contributed by atoms with van der Waals surface area (Å²) in [5.74, 6) is -1.41. The fraction of sp³-hybridized carbons (Fsp3) is 0.455. The van der Waals surface area contributed by atoms with Crippen molar-refractivity contribution < 1.29 is 36.2 Å². The van der Waals surface area contributed by atoms with Gasteiger partial charge in [0.25, 0.3) is 0 Å². The Kier molecular flexibility index (Phi) is 6.11. The minimum Gasteiger partial charge on any atom is -0.481 e. The number of pyridine rings is 1. The molecule has 0 bridgehead atoms. The van der Waals surface area contributed by atoms with Crippen molar-refractivity contribution in [1.29, 1.82) is 0 Å². The monoisotopic (exact) mass is 342 g/mol. The maximum absolute atomic E-state index is 11.9. The Morgan fingerprint density at radius 1 is 1.36 bits per heavy atom. The van der Waals surface area contributed by atoms with E-state index < -0.39 is 28.8 Å². The van der Waals surface area contributed by atoms with E-state index in [1.807, 2.05) is 0 Å². The van der Waals surface area contributed by atoms with E-state index in [4.69, 9.17) is 5.11 Å². The summed E-state index contributed by atoms with van der Waals surface area (Å²) >= 11 is 0. The van der Waals surface area contributed by atoms with E-state index in [2.05, 4.69) is 14.4 Å². The van der Waals surface area contributed by atoms with Crippen molar-refractivity contribution in [2.75, 3.05) is 13.2 Å². The van der Waals surface area contributed by atoms with E-state index in [0.717, 1.165) is 18.3 Å². The third-order valence-electron chi connectivity index (χ3n) is 2.26. The fourth-order valence-corrected chi connectivity index (χ4v) is 2.31. The number of nitrogens with one attached hydrogen (secondary N) is 1. The standard InChI is InChI=1S/C11H13F3N2O5S/c12-11(13,14)7-21-9-4-3-8(6-15-9)22(19,20)16-5-1-2-10(17)18/h3-4,6,16H,1-2,5,7H2,(H,17,18). The number of carboxylic acids is 1. The van der Waals surface area contributed by atoms with Crippen molar-refractivity contribution in [2.24, 2.45) is 0 Å². The number of hydrogen-bond acceptors (Lipinski definition) is 5. The highest BCUT2D eigenvalue weighted by atomic mass is 32.2. The van der Waals surface area contributed by atoms with Gasteiger partial charge in [-0.15, -0.1) is 0 Å². The van der Waals surface area contributed by atoms with Gasteiger partial charge < -0.3 is 9.84 Å². The number of halogens is 3. The number of hydrogen-bond donors (Lipinski definition) is 2. The smallest absolute Gasteiger partial charge is 0.422 e. The molecule has 0 aliphatic carbocycles. The number of aromatic nitrogens is 1. The number of nitrogens with zero attached hydrogens (tertiary/aromatic N) is 1. The highest BCUT2D eigenvalue weighted by molar-refractivity contribution is 7.89. The molecule has 0 amide bonds. The summed E-state index contributed by atoms with van der Waals surface area (Å²) in [4.78, 5) is 13.5. The van der Waals surface area contributed by atoms with E-state index >= 15 is 0 Å². The summed E-state index contributed by atoms with van der Waals surface area (Å²) in [7, 11) is -3.90. The molecule has 0 saturated heterocycles. The molecule has 1 heterocycles. The normalized spacial score (nSPS) is 12.1. The van der Waals surface area contributed by atoms with Crippen molar-refractivity contribution in [3.8, 4) is 5.88 Å². The van der Waals surface area contributed by atoms with E-state index in [0.29, 0.717) is 0 Å². The first-order valence-corrected chi connectivity index (χ1v) is 7.45. The molecule has 0 unspecified atom stereocenters. The van der Waals surface area contributed by atoms with E-state index in [-0.39, 0.29) is 30.2 Å². The van der Waals surface area contributed by atoms with Gasteiger partial charge in [-0.2, -0.15) is 13.2 Å². The average molecular weight is 342 g/mol. The molecular weight excluding hydrogens is 329 g/mol. The predicted molar refractivity (Wildman–Crippen MR) is 67.8 cm³/mol. The molecule has 0 spiro atoms. The lowest BCUT2D eigenvalue weighted by Crippen LogP contribution is -2.25. The Hall–Kier alpha value is -1.88. The van der Waals surface area contributed by atoms with Crippen molar-refractivity contribution in [3.63, 3.8) is 0 Å². The van der Waals surface area contributed by atoms with Crippen molar-refractivity contribution in [3.05, 3.63) is 18.3 Å². The third-order valence-corrected chi connectivity index (χ3v) is 3.71. The molecule has 1 aromatic rings. The summed E-state index contributed by atoms with van der Waals surface area (Å²) in [5, 5.41) is 8.42. The van der Waals surface area contributed by atoms with E-state index in [1.165, 1.54) is 0 Å². The highest BCUT2D eigenvalue weighted by Crippen LogP contribution is 2.18. The quantitative estimate of drug-likeness (QED) is 0.687. The molecule has 2 N–H and O–H groups in total. The van der Waals surface area contributed by atoms with Gasteiger partial charge in [-0.3, -0.25) is 4.79 Å². The Balaban J connectivity index is 2.59. The van der Waals surface area contributed by atoms with Crippen molar-refractivity contribution in [2.45, 2.75) is 23.9 Å². The largest absolute Gasteiger partial charge is 0.481 e. The average Bonchev–Trinajstić information content (AvgIpc) is 2.41. The molecule has 124 valence electrons. The number of ether oxygens (including phenoxy) is 1. The van der Waals surface area contributed by atoms with Crippen molar-refractivity contribution in [1.82, 2.24) is 9.71 Å². The van der Waals surface area contributed by atoms with Gasteiger partial charge in [-0.1, -0.05) is 0 Å². The second kappa shape index (κ2) is 7.40. The Labute approximate surface area is 124 Å². The van der Waals surface area contributed by atoms with Crippen LogP contribution in [0.15, 0.2) is 23.2 Å². The number of rotatable bonds is 8. The van der Waals surface area contributed by atoms with Gasteiger partial charge in [0.15, 0.2) is 6.61 Å². The molecule has 0 saturated carbocycles. The lowest BCUT2D eigenvalue weighted by atomic mass is 10.3. The third kappa shape index (κ3) is 6.72. The number of carbonyl (C=O) groups is 1. The molecular formula is C11H13F3N2O5S. The van der Waals surface area contributed by atoms with Gasteiger partial charge in [-0.25, -0.2) is 18.1 Å². The predicted octanol–water partition coefficient (Wildman–Crippen LogP) is 1.17. The van der Waals surface area contributed by atoms with Gasteiger partial charge in [-0.05, 0) is 12.5 Å². The SMILES string of the molecule is O=C(O)CCCNS(=O)(=O)c1ccc(OCC(F)(F)F)nc1. The van der Waals surface area contributed by atoms with E-state index in [9.17, 15) is 26.4 Å². The number of alkyl halides is 3. The molecule has 22 heavy (non-hydrogen) atoms. The summed E-state index contributed by atoms with van der Waals surface area (Å²) in [5.41, 5.74) is 0. The summed E-state index contributed by atoms with van der Waals surface area (Å²) in [6, 6.07) is 2.04. The maximum atomic E-state index is 11.9. The molecule has 0 radical (unpaired) electrons. The first kappa shape index (κ1) is 18.2. The first-order chi connectivity index (χ1) is 10.1. The Morgan fingerprint density at radius 2 is 2.05 bits per heavy atom. The zero-order valence-corrected chi connectivity index (χ0v) is 11.9. The lowest BCUT2D eigenvalue weighted by molar-refractivity contribution is -0.154. The van der Waals surface area contributed by atoms with Crippen LogP contribution in [0, 0.1) is 0 Å². The van der Waals surface area contributed by atoms with Crippen LogP contribution in [0.2, 0.25) is 0 Å². The molecule has 0 aromatic carbocycles. The molecule has 0 aliphatic heterocycles. The van der Waals surface area contributed by atoms with Crippen LogP contribution in [-0.4, -0.2) is 43.8 Å². The Morgan fingerprint density at radius 3 is 2.55 bits per heavy atom. The van der Waals surface area contributed by atoms with Crippen LogP contribution in [0.4, 0.5) is 13.2 Å². The van der Waals surface area contributed by atoms with Gasteiger partial charge in [0.1, 0.15) is 4.90 Å². The number of sulfonamides is 1. The second-order valence-corrected chi connectivity index (χ2v) is 5.90. The van der Waals surface area contributed by atoms with Crippen molar-refractivity contribution >= 4 is 16.0 Å².